The number of hydrogen-bond acceptors (Lipinski definition) is 5. The van der Waals surface area contributed by atoms with Crippen molar-refractivity contribution < 1.29 is 28.3 Å². The molecule has 12 heteroatoms. The summed E-state index contributed by atoms with van der Waals surface area (Å²) < 4.78 is 18.6. The number of ether oxygens (including phenoxy) is 1. The summed E-state index contributed by atoms with van der Waals surface area (Å²) in [7, 11) is 0. The highest BCUT2D eigenvalue weighted by atomic mass is 35.5. The van der Waals surface area contributed by atoms with E-state index in [1.165, 1.54) is 53.4 Å². The Balaban J connectivity index is 1.31. The molecule has 0 unspecified atom stereocenters. The Morgan fingerprint density at radius 1 is 0.784 bits per heavy atom. The number of halogens is 5. The molecule has 1 saturated heterocycles. The van der Waals surface area contributed by atoms with Crippen LogP contribution in [0.4, 0.5) is 15.8 Å². The van der Waals surface area contributed by atoms with Gasteiger partial charge in [0, 0.05) is 18.7 Å². The second kappa shape index (κ2) is 9.61. The summed E-state index contributed by atoms with van der Waals surface area (Å²) in [5.41, 5.74) is 0.343. The van der Waals surface area contributed by atoms with E-state index in [2.05, 4.69) is 0 Å². The summed E-state index contributed by atoms with van der Waals surface area (Å²) in [6.07, 6.45) is -0.0596. The van der Waals surface area contributed by atoms with Crippen LogP contribution in [0.15, 0.2) is 48.5 Å². The SMILES string of the molecule is O=C(Oc1ccc(N2C(=O)c3c(Cl)c(Cl)c(Cl)c(Cl)c3C2=O)cc1)[C@H]1CC(=O)N(c2ccc(F)cc2)C1. The van der Waals surface area contributed by atoms with E-state index in [0.29, 0.717) is 5.69 Å². The van der Waals surface area contributed by atoms with Gasteiger partial charge in [-0.3, -0.25) is 19.2 Å². The van der Waals surface area contributed by atoms with Crippen LogP contribution < -0.4 is 14.5 Å². The van der Waals surface area contributed by atoms with E-state index in [4.69, 9.17) is 51.1 Å². The minimum atomic E-state index is -0.736. The molecule has 37 heavy (non-hydrogen) atoms. The first-order valence-corrected chi connectivity index (χ1v) is 12.2. The summed E-state index contributed by atoms with van der Waals surface area (Å²) in [5, 5.41) is -0.641. The van der Waals surface area contributed by atoms with E-state index >= 15 is 0 Å². The average Bonchev–Trinajstić information content (AvgIpc) is 3.39. The molecule has 3 amide bonds. The number of rotatable bonds is 4. The van der Waals surface area contributed by atoms with Crippen molar-refractivity contribution >= 4 is 81.5 Å². The van der Waals surface area contributed by atoms with Gasteiger partial charge in [-0.1, -0.05) is 46.4 Å². The van der Waals surface area contributed by atoms with Crippen molar-refractivity contribution in [3.63, 3.8) is 0 Å². The number of amides is 3. The van der Waals surface area contributed by atoms with E-state index in [-0.39, 0.29) is 61.5 Å². The molecule has 7 nitrogen and oxygen atoms in total. The minimum Gasteiger partial charge on any atom is -0.426 e. The zero-order valence-corrected chi connectivity index (χ0v) is 21.5. The molecule has 0 N–H and O–H groups in total. The lowest BCUT2D eigenvalue weighted by Gasteiger charge is -2.17. The molecular weight excluding hydrogens is 569 g/mol. The molecule has 188 valence electrons. The highest BCUT2D eigenvalue weighted by Gasteiger charge is 2.42. The maximum Gasteiger partial charge on any atom is 0.316 e. The van der Waals surface area contributed by atoms with Gasteiger partial charge in [-0.15, -0.1) is 0 Å². The third-order valence-electron chi connectivity index (χ3n) is 6.01. The maximum absolute atomic E-state index is 13.2. The second-order valence-electron chi connectivity index (χ2n) is 8.25. The third-order valence-corrected chi connectivity index (χ3v) is 7.81. The molecule has 3 aromatic rings. The standard InChI is InChI=1S/C25H13Cl4FN2O5/c26-19-17-18(20(27)22(29)21(19)28)24(35)32(23(17)34)14-5-7-15(8-6-14)37-25(36)11-9-16(33)31(10-11)13-3-1-12(30)2-4-13/h1-8,11H,9-10H2/t11-/m0/s1. The molecule has 0 spiro atoms. The smallest absolute Gasteiger partial charge is 0.316 e. The fourth-order valence-electron chi connectivity index (χ4n) is 4.18. The van der Waals surface area contributed by atoms with Gasteiger partial charge in [0.15, 0.2) is 0 Å². The van der Waals surface area contributed by atoms with Crippen LogP contribution in [0.5, 0.6) is 5.75 Å². The number of carbonyl (C=O) groups is 4. The molecule has 2 aliphatic heterocycles. The van der Waals surface area contributed by atoms with Crippen molar-refractivity contribution in [3.8, 4) is 5.75 Å². The topological polar surface area (TPSA) is 84.0 Å². The van der Waals surface area contributed by atoms with Gasteiger partial charge in [-0.05, 0) is 48.5 Å². The first-order valence-electron chi connectivity index (χ1n) is 10.7. The van der Waals surface area contributed by atoms with Crippen molar-refractivity contribution in [2.24, 2.45) is 5.92 Å². The first kappa shape index (κ1) is 25.5. The summed E-state index contributed by atoms with van der Waals surface area (Å²) in [6, 6.07) is 11.0. The van der Waals surface area contributed by atoms with Crippen molar-refractivity contribution in [1.29, 1.82) is 0 Å². The van der Waals surface area contributed by atoms with Gasteiger partial charge < -0.3 is 9.64 Å². The Kier molecular flexibility index (Phi) is 6.62. The fraction of sp³-hybridized carbons (Fsp3) is 0.120. The molecule has 0 saturated carbocycles. The van der Waals surface area contributed by atoms with Crippen molar-refractivity contribution in [1.82, 2.24) is 0 Å². The highest BCUT2D eigenvalue weighted by molar-refractivity contribution is 6.56. The fourth-order valence-corrected chi connectivity index (χ4v) is 5.20. The number of anilines is 2. The summed E-state index contributed by atoms with van der Waals surface area (Å²) in [4.78, 5) is 53.3. The number of esters is 1. The largest absolute Gasteiger partial charge is 0.426 e. The number of imide groups is 1. The number of nitrogens with zero attached hydrogens (tertiary/aromatic N) is 2. The molecule has 1 fully saturated rings. The van der Waals surface area contributed by atoms with Gasteiger partial charge in [0.2, 0.25) is 5.91 Å². The van der Waals surface area contributed by atoms with Crippen LogP contribution in [0.25, 0.3) is 0 Å². The normalized spacial score (nSPS) is 17.0. The van der Waals surface area contributed by atoms with Crippen LogP contribution in [0.2, 0.25) is 20.1 Å². The lowest BCUT2D eigenvalue weighted by molar-refractivity contribution is -0.139. The van der Waals surface area contributed by atoms with E-state index in [9.17, 15) is 23.6 Å². The van der Waals surface area contributed by atoms with Crippen LogP contribution in [0.1, 0.15) is 27.1 Å². The lowest BCUT2D eigenvalue weighted by Crippen LogP contribution is -2.29. The quantitative estimate of drug-likeness (QED) is 0.120. The molecule has 0 bridgehead atoms. The number of hydrogen-bond donors (Lipinski definition) is 0. The first-order chi connectivity index (χ1) is 17.6. The Morgan fingerprint density at radius 2 is 1.30 bits per heavy atom. The second-order valence-corrected chi connectivity index (χ2v) is 9.76. The van der Waals surface area contributed by atoms with Gasteiger partial charge in [-0.2, -0.15) is 0 Å². The van der Waals surface area contributed by atoms with Gasteiger partial charge in [0.1, 0.15) is 11.6 Å². The maximum atomic E-state index is 13.2. The van der Waals surface area contributed by atoms with Gasteiger partial charge in [-0.25, -0.2) is 9.29 Å². The Labute approximate surface area is 229 Å². The Hall–Kier alpha value is -3.17. The highest BCUT2D eigenvalue weighted by Crippen LogP contribution is 2.45. The van der Waals surface area contributed by atoms with E-state index < -0.39 is 29.5 Å². The van der Waals surface area contributed by atoms with Crippen LogP contribution in [-0.4, -0.2) is 30.2 Å². The summed E-state index contributed by atoms with van der Waals surface area (Å²) in [5.74, 6) is -3.41. The van der Waals surface area contributed by atoms with Crippen LogP contribution in [0.3, 0.4) is 0 Å². The molecule has 2 aliphatic rings. The van der Waals surface area contributed by atoms with Crippen LogP contribution in [-0.2, 0) is 9.59 Å². The van der Waals surface area contributed by atoms with Gasteiger partial charge in [0.05, 0.1) is 42.8 Å². The van der Waals surface area contributed by atoms with Crippen molar-refractivity contribution in [3.05, 3.63) is 85.6 Å². The summed E-state index contributed by atoms with van der Waals surface area (Å²) in [6.45, 7) is 0.0864. The van der Waals surface area contributed by atoms with Crippen molar-refractivity contribution in [2.75, 3.05) is 16.3 Å². The molecule has 2 heterocycles. The van der Waals surface area contributed by atoms with Crippen LogP contribution in [0, 0.1) is 11.7 Å². The molecule has 0 aromatic heterocycles. The number of benzene rings is 3. The number of fused-ring (bicyclic) bond motifs is 1. The molecular formula is C25H13Cl4FN2O5. The molecule has 5 rings (SSSR count). The van der Waals surface area contributed by atoms with Crippen molar-refractivity contribution in [2.45, 2.75) is 6.42 Å². The van der Waals surface area contributed by atoms with E-state index in [0.717, 1.165) is 4.90 Å². The Bertz CT molecular complexity index is 1450. The minimum absolute atomic E-state index is 0.0596. The molecule has 0 aliphatic carbocycles. The Morgan fingerprint density at radius 3 is 1.84 bits per heavy atom. The zero-order valence-electron chi connectivity index (χ0n) is 18.4. The lowest BCUT2D eigenvalue weighted by atomic mass is 10.1. The monoisotopic (exact) mass is 580 g/mol. The predicted octanol–water partition coefficient (Wildman–Crippen LogP) is 6.20. The summed E-state index contributed by atoms with van der Waals surface area (Å²) >= 11 is 24.4. The third kappa shape index (κ3) is 4.34. The molecule has 3 aromatic carbocycles. The van der Waals surface area contributed by atoms with E-state index in [1.807, 2.05) is 0 Å². The van der Waals surface area contributed by atoms with Gasteiger partial charge >= 0.3 is 5.97 Å². The molecule has 0 radical (unpaired) electrons. The molecule has 1 atom stereocenters. The predicted molar refractivity (Wildman–Crippen MR) is 137 cm³/mol. The van der Waals surface area contributed by atoms with Gasteiger partial charge in [0.25, 0.3) is 11.8 Å². The number of carbonyl (C=O) groups excluding carboxylic acids is 4. The van der Waals surface area contributed by atoms with Crippen LogP contribution >= 0.6 is 46.4 Å². The zero-order chi connectivity index (χ0) is 26.6. The van der Waals surface area contributed by atoms with E-state index in [1.54, 1.807) is 0 Å². The average molecular weight is 582 g/mol.